The fourth-order valence-electron chi connectivity index (χ4n) is 7.30. The summed E-state index contributed by atoms with van der Waals surface area (Å²) in [5.74, 6) is -1.68. The minimum Gasteiger partial charge on any atom is -0.507 e. The van der Waals surface area contributed by atoms with Crippen LogP contribution in [0.4, 0.5) is 25.8 Å². The SMILES string of the molecule is CCC(C)c1ccc(OC)c(NC(=O)c2cc3ccccc3cc2O)c1.O=C(Nc1cccc(F)c1)c1cc2ccccc2cc1O.O=C(Nc1ccccc1F)c1cc2ccccc2cc1O. The van der Waals surface area contributed by atoms with Crippen LogP contribution in [0.2, 0.25) is 0 Å². The van der Waals surface area contributed by atoms with Gasteiger partial charge in [-0.05, 0) is 129 Å². The summed E-state index contributed by atoms with van der Waals surface area (Å²) in [4.78, 5) is 37.2. The van der Waals surface area contributed by atoms with Crippen molar-refractivity contribution in [1.29, 1.82) is 0 Å². The Balaban J connectivity index is 0.000000152. The number of nitrogens with one attached hydrogen (secondary N) is 3. The molecule has 9 rings (SSSR count). The standard InChI is InChI=1S/C22H23NO3.2C17H12FNO2/c1-4-14(2)15-9-10-21(26-3)19(12-15)23-22(25)18-11-16-7-5-6-8-17(16)13-20(18)24;18-14-7-3-4-8-15(14)19-17(21)13-9-11-5-1-2-6-12(11)10-16(13)20;18-13-6-3-7-14(10-13)19-17(21)15-8-11-4-1-2-5-12(11)9-16(15)20/h5-14,24H,4H2,1-3H3,(H,23,25);2*1-10,20H,(H,19,21). The van der Waals surface area contributed by atoms with Crippen LogP contribution in [0.1, 0.15) is 62.8 Å². The van der Waals surface area contributed by atoms with E-state index in [9.17, 15) is 38.5 Å². The molecule has 0 saturated heterocycles. The second-order valence-electron chi connectivity index (χ2n) is 15.8. The van der Waals surface area contributed by atoms with Gasteiger partial charge >= 0.3 is 0 Å². The normalized spacial score (nSPS) is 11.1. The van der Waals surface area contributed by atoms with E-state index in [0.29, 0.717) is 23.0 Å². The zero-order valence-electron chi connectivity index (χ0n) is 37.3. The van der Waals surface area contributed by atoms with Gasteiger partial charge < -0.3 is 36.0 Å². The van der Waals surface area contributed by atoms with Gasteiger partial charge in [0.05, 0.1) is 35.2 Å². The molecule has 342 valence electrons. The van der Waals surface area contributed by atoms with Gasteiger partial charge in [0, 0.05) is 5.69 Å². The van der Waals surface area contributed by atoms with Crippen molar-refractivity contribution in [3.63, 3.8) is 0 Å². The summed E-state index contributed by atoms with van der Waals surface area (Å²) >= 11 is 0. The summed E-state index contributed by atoms with van der Waals surface area (Å²) in [6, 6.07) is 49.2. The van der Waals surface area contributed by atoms with Crippen LogP contribution >= 0.6 is 0 Å². The molecule has 0 saturated carbocycles. The Bertz CT molecular complexity index is 3300. The fourth-order valence-corrected chi connectivity index (χ4v) is 7.30. The highest BCUT2D eigenvalue weighted by Crippen LogP contribution is 2.33. The van der Waals surface area contributed by atoms with Gasteiger partial charge in [-0.2, -0.15) is 0 Å². The largest absolute Gasteiger partial charge is 0.507 e. The number of rotatable bonds is 9. The number of fused-ring (bicyclic) bond motifs is 3. The van der Waals surface area contributed by atoms with Crippen LogP contribution in [0.3, 0.4) is 0 Å². The number of hydrogen-bond donors (Lipinski definition) is 6. The summed E-state index contributed by atoms with van der Waals surface area (Å²) < 4.78 is 32.0. The van der Waals surface area contributed by atoms with Gasteiger partial charge in [-0.25, -0.2) is 8.78 Å². The summed E-state index contributed by atoms with van der Waals surface area (Å²) in [6.07, 6.45) is 1.01. The highest BCUT2D eigenvalue weighted by molar-refractivity contribution is 6.10. The van der Waals surface area contributed by atoms with Crippen LogP contribution in [-0.4, -0.2) is 40.2 Å². The summed E-state index contributed by atoms with van der Waals surface area (Å²) in [5.41, 5.74) is 2.64. The average Bonchev–Trinajstić information content (AvgIpc) is 3.34. The third kappa shape index (κ3) is 11.4. The molecule has 0 bridgehead atoms. The monoisotopic (exact) mass is 911 g/mol. The van der Waals surface area contributed by atoms with E-state index in [4.69, 9.17) is 4.74 Å². The minimum absolute atomic E-state index is 0.0433. The van der Waals surface area contributed by atoms with Crippen LogP contribution < -0.4 is 20.7 Å². The highest BCUT2D eigenvalue weighted by atomic mass is 19.1. The van der Waals surface area contributed by atoms with E-state index in [1.165, 1.54) is 42.5 Å². The Morgan fingerprint density at radius 2 is 0.926 bits per heavy atom. The molecular weight excluding hydrogens is 865 g/mol. The molecule has 0 aliphatic carbocycles. The number of phenolic OH excluding ortho intramolecular Hbond substituents is 3. The number of benzene rings is 9. The molecule has 9 aromatic carbocycles. The number of ether oxygens (including phenoxy) is 1. The van der Waals surface area contributed by atoms with Gasteiger partial charge in [0.2, 0.25) is 0 Å². The van der Waals surface area contributed by atoms with Crippen molar-refractivity contribution in [3.8, 4) is 23.0 Å². The quantitative estimate of drug-likeness (QED) is 0.0841. The molecule has 12 heteroatoms. The minimum atomic E-state index is -0.552. The Hall–Kier alpha value is -8.77. The molecule has 68 heavy (non-hydrogen) atoms. The number of halogens is 2. The molecule has 3 amide bonds. The van der Waals surface area contributed by atoms with Crippen molar-refractivity contribution in [3.05, 3.63) is 210 Å². The van der Waals surface area contributed by atoms with Crippen molar-refractivity contribution in [1.82, 2.24) is 0 Å². The Labute approximate surface area is 391 Å². The van der Waals surface area contributed by atoms with Crippen molar-refractivity contribution in [2.75, 3.05) is 23.1 Å². The topological polar surface area (TPSA) is 157 Å². The third-order valence-electron chi connectivity index (χ3n) is 11.2. The number of carbonyl (C=O) groups excluding carboxylic acids is 3. The lowest BCUT2D eigenvalue weighted by Gasteiger charge is -2.15. The molecule has 10 nitrogen and oxygen atoms in total. The number of carbonyl (C=O) groups is 3. The van der Waals surface area contributed by atoms with E-state index in [2.05, 4.69) is 29.8 Å². The smallest absolute Gasteiger partial charge is 0.259 e. The second-order valence-corrected chi connectivity index (χ2v) is 15.8. The lowest BCUT2D eigenvalue weighted by Crippen LogP contribution is -2.13. The van der Waals surface area contributed by atoms with Gasteiger partial charge in [0.25, 0.3) is 17.7 Å². The molecule has 9 aromatic rings. The number of hydrogen-bond acceptors (Lipinski definition) is 7. The molecule has 0 heterocycles. The van der Waals surface area contributed by atoms with Gasteiger partial charge in [-0.3, -0.25) is 14.4 Å². The molecule has 0 spiro atoms. The number of aromatic hydroxyl groups is 3. The maximum atomic E-state index is 13.5. The number of phenols is 3. The molecule has 0 aromatic heterocycles. The number of para-hydroxylation sites is 1. The Morgan fingerprint density at radius 3 is 1.37 bits per heavy atom. The molecule has 6 N–H and O–H groups in total. The second kappa shape index (κ2) is 21.5. The molecule has 0 fully saturated rings. The third-order valence-corrected chi connectivity index (χ3v) is 11.2. The van der Waals surface area contributed by atoms with Gasteiger partial charge in [-0.1, -0.05) is 111 Å². The van der Waals surface area contributed by atoms with E-state index >= 15 is 0 Å². The first-order valence-corrected chi connectivity index (χ1v) is 21.6. The lowest BCUT2D eigenvalue weighted by molar-refractivity contribution is 0.101. The first-order valence-electron chi connectivity index (χ1n) is 21.6. The number of anilines is 3. The van der Waals surface area contributed by atoms with E-state index in [0.717, 1.165) is 44.3 Å². The molecular formula is C56H47F2N3O7. The zero-order chi connectivity index (χ0) is 48.3. The molecule has 0 radical (unpaired) electrons. The number of methoxy groups -OCH3 is 1. The summed E-state index contributed by atoms with van der Waals surface area (Å²) in [5, 5.41) is 43.3. The van der Waals surface area contributed by atoms with Crippen LogP contribution in [0.25, 0.3) is 32.3 Å². The van der Waals surface area contributed by atoms with Crippen molar-refractivity contribution in [2.45, 2.75) is 26.2 Å². The first kappa shape index (κ1) is 47.2. The summed E-state index contributed by atoms with van der Waals surface area (Å²) in [6.45, 7) is 4.27. The molecule has 1 atom stereocenters. The molecule has 0 aliphatic heterocycles. The maximum Gasteiger partial charge on any atom is 0.259 e. The van der Waals surface area contributed by atoms with E-state index in [-0.39, 0.29) is 45.5 Å². The van der Waals surface area contributed by atoms with Crippen LogP contribution in [0.5, 0.6) is 23.0 Å². The van der Waals surface area contributed by atoms with Crippen molar-refractivity contribution in [2.24, 2.45) is 0 Å². The van der Waals surface area contributed by atoms with E-state index in [1.54, 1.807) is 49.6 Å². The van der Waals surface area contributed by atoms with Gasteiger partial charge in [0.15, 0.2) is 0 Å². The zero-order valence-corrected chi connectivity index (χ0v) is 37.3. The Kier molecular flexibility index (Phi) is 14.9. The average molecular weight is 912 g/mol. The number of amides is 3. The van der Waals surface area contributed by atoms with Crippen LogP contribution in [0.15, 0.2) is 176 Å². The predicted molar refractivity (Wildman–Crippen MR) is 265 cm³/mol. The summed E-state index contributed by atoms with van der Waals surface area (Å²) in [7, 11) is 1.57. The van der Waals surface area contributed by atoms with E-state index < -0.39 is 23.4 Å². The highest BCUT2D eigenvalue weighted by Gasteiger charge is 2.18. The van der Waals surface area contributed by atoms with Crippen LogP contribution in [0, 0.1) is 11.6 Å². The first-order chi connectivity index (χ1) is 32.8. The van der Waals surface area contributed by atoms with Crippen molar-refractivity contribution >= 4 is 67.1 Å². The van der Waals surface area contributed by atoms with Crippen LogP contribution in [-0.2, 0) is 0 Å². The van der Waals surface area contributed by atoms with Crippen molar-refractivity contribution < 1.29 is 43.2 Å². The molecule has 1 unspecified atom stereocenters. The van der Waals surface area contributed by atoms with Gasteiger partial charge in [0.1, 0.15) is 34.6 Å². The fraction of sp³-hybridized carbons (Fsp3) is 0.0893. The Morgan fingerprint density at radius 1 is 0.500 bits per heavy atom. The van der Waals surface area contributed by atoms with Gasteiger partial charge in [-0.15, -0.1) is 0 Å². The molecule has 0 aliphatic rings. The maximum absolute atomic E-state index is 13.5. The predicted octanol–water partition coefficient (Wildman–Crippen LogP) is 13.2. The lowest BCUT2D eigenvalue weighted by atomic mass is 9.98. The van der Waals surface area contributed by atoms with E-state index in [1.807, 2.05) is 91.0 Å².